The summed E-state index contributed by atoms with van der Waals surface area (Å²) in [5, 5.41) is 3.10. The summed E-state index contributed by atoms with van der Waals surface area (Å²) in [5.41, 5.74) is 3.31. The largest absolute Gasteiger partial charge is 0.462 e. The molecular formula is C26H27ClN2O5S. The van der Waals surface area contributed by atoms with E-state index in [-0.39, 0.29) is 22.8 Å². The molecule has 0 fully saturated rings. The van der Waals surface area contributed by atoms with Gasteiger partial charge in [0.1, 0.15) is 6.54 Å². The molecule has 3 rings (SSSR count). The summed E-state index contributed by atoms with van der Waals surface area (Å²) >= 11 is 6.27. The maximum Gasteiger partial charge on any atom is 0.338 e. The smallest absolute Gasteiger partial charge is 0.338 e. The van der Waals surface area contributed by atoms with Crippen molar-refractivity contribution in [3.8, 4) is 0 Å². The summed E-state index contributed by atoms with van der Waals surface area (Å²) in [6.07, 6.45) is 0. The third kappa shape index (κ3) is 6.21. The van der Waals surface area contributed by atoms with Crippen LogP contribution in [0, 0.1) is 20.8 Å². The van der Waals surface area contributed by atoms with Crippen LogP contribution in [0.1, 0.15) is 34.0 Å². The summed E-state index contributed by atoms with van der Waals surface area (Å²) in [6, 6.07) is 16.0. The number of hydrogen-bond donors (Lipinski definition) is 1. The zero-order valence-electron chi connectivity index (χ0n) is 20.0. The predicted molar refractivity (Wildman–Crippen MR) is 138 cm³/mol. The molecular weight excluding hydrogens is 488 g/mol. The summed E-state index contributed by atoms with van der Waals surface area (Å²) in [5.74, 6) is -1.10. The van der Waals surface area contributed by atoms with Gasteiger partial charge in [0.15, 0.2) is 0 Å². The SMILES string of the molecule is CCOC(=O)c1ccc(C)c(NC(=O)CN(c2ccc(C)c(Cl)c2)S(=O)(=O)c2ccc(C)cc2)c1. The van der Waals surface area contributed by atoms with Gasteiger partial charge in [0, 0.05) is 10.7 Å². The van der Waals surface area contributed by atoms with Gasteiger partial charge in [0.25, 0.3) is 10.0 Å². The molecule has 35 heavy (non-hydrogen) atoms. The van der Waals surface area contributed by atoms with E-state index in [4.69, 9.17) is 16.3 Å². The Morgan fingerprint density at radius 1 is 0.943 bits per heavy atom. The zero-order chi connectivity index (χ0) is 25.8. The van der Waals surface area contributed by atoms with E-state index < -0.39 is 28.4 Å². The number of esters is 1. The number of hydrogen-bond acceptors (Lipinski definition) is 5. The third-order valence-electron chi connectivity index (χ3n) is 5.36. The number of anilines is 2. The maximum absolute atomic E-state index is 13.6. The number of rotatable bonds is 8. The molecule has 0 saturated heterocycles. The highest BCUT2D eigenvalue weighted by Gasteiger charge is 2.28. The van der Waals surface area contributed by atoms with Gasteiger partial charge in [0.2, 0.25) is 5.91 Å². The second-order valence-corrected chi connectivity index (χ2v) is 10.3. The van der Waals surface area contributed by atoms with Crippen LogP contribution in [-0.2, 0) is 19.6 Å². The lowest BCUT2D eigenvalue weighted by Crippen LogP contribution is -2.38. The van der Waals surface area contributed by atoms with Gasteiger partial charge in [-0.15, -0.1) is 0 Å². The van der Waals surface area contributed by atoms with Gasteiger partial charge in [-0.25, -0.2) is 13.2 Å². The number of sulfonamides is 1. The van der Waals surface area contributed by atoms with Crippen LogP contribution in [-0.4, -0.2) is 33.4 Å². The van der Waals surface area contributed by atoms with E-state index in [9.17, 15) is 18.0 Å². The minimum Gasteiger partial charge on any atom is -0.462 e. The van der Waals surface area contributed by atoms with Gasteiger partial charge >= 0.3 is 5.97 Å². The van der Waals surface area contributed by atoms with Crippen molar-refractivity contribution in [1.82, 2.24) is 0 Å². The standard InChI is InChI=1S/C26H27ClN2O5S/c1-5-34-26(31)20-10-8-19(4)24(14-20)28-25(30)16-29(21-11-9-18(3)23(27)15-21)35(32,33)22-12-6-17(2)7-13-22/h6-15H,5,16H2,1-4H3,(H,28,30). The average molecular weight is 515 g/mol. The average Bonchev–Trinajstić information content (AvgIpc) is 2.81. The molecule has 184 valence electrons. The minimum atomic E-state index is -4.09. The van der Waals surface area contributed by atoms with Gasteiger partial charge in [-0.2, -0.15) is 0 Å². The predicted octanol–water partition coefficient (Wildman–Crippen LogP) is 5.28. The van der Waals surface area contributed by atoms with Gasteiger partial charge in [-0.3, -0.25) is 9.10 Å². The number of amides is 1. The second-order valence-electron chi connectivity index (χ2n) is 8.06. The molecule has 3 aromatic rings. The first-order valence-electron chi connectivity index (χ1n) is 11.0. The van der Waals surface area contributed by atoms with Gasteiger partial charge in [-0.05, 0) is 75.2 Å². The first-order valence-corrected chi connectivity index (χ1v) is 12.8. The van der Waals surface area contributed by atoms with Crippen LogP contribution < -0.4 is 9.62 Å². The van der Waals surface area contributed by atoms with Crippen LogP contribution in [0.5, 0.6) is 0 Å². The Morgan fingerprint density at radius 2 is 1.60 bits per heavy atom. The molecule has 9 heteroatoms. The van der Waals surface area contributed by atoms with E-state index in [0.717, 1.165) is 15.4 Å². The lowest BCUT2D eigenvalue weighted by atomic mass is 10.1. The number of nitrogens with one attached hydrogen (secondary N) is 1. The van der Waals surface area contributed by atoms with Crippen molar-refractivity contribution in [2.75, 3.05) is 22.8 Å². The van der Waals surface area contributed by atoms with Gasteiger partial charge in [-0.1, -0.05) is 41.4 Å². The summed E-state index contributed by atoms with van der Waals surface area (Å²) in [4.78, 5) is 25.2. The van der Waals surface area contributed by atoms with E-state index in [1.165, 1.54) is 24.3 Å². The number of carbonyl (C=O) groups is 2. The molecule has 0 aliphatic rings. The molecule has 0 aliphatic heterocycles. The van der Waals surface area contributed by atoms with Crippen molar-refractivity contribution >= 4 is 44.9 Å². The fraction of sp³-hybridized carbons (Fsp3) is 0.231. The molecule has 0 radical (unpaired) electrons. The van der Waals surface area contributed by atoms with Gasteiger partial charge in [0.05, 0.1) is 22.8 Å². The third-order valence-corrected chi connectivity index (χ3v) is 7.56. The molecule has 0 heterocycles. The molecule has 1 N–H and O–H groups in total. The molecule has 0 saturated carbocycles. The lowest BCUT2D eigenvalue weighted by molar-refractivity contribution is -0.114. The zero-order valence-corrected chi connectivity index (χ0v) is 21.5. The topological polar surface area (TPSA) is 92.8 Å². The van der Waals surface area contributed by atoms with Gasteiger partial charge < -0.3 is 10.1 Å². The normalized spacial score (nSPS) is 11.1. The number of ether oxygens (including phenoxy) is 1. The van der Waals surface area contributed by atoms with Crippen LogP contribution in [0.4, 0.5) is 11.4 Å². The Morgan fingerprint density at radius 3 is 2.23 bits per heavy atom. The van der Waals surface area contributed by atoms with Crippen molar-refractivity contribution < 1.29 is 22.7 Å². The maximum atomic E-state index is 13.6. The fourth-order valence-corrected chi connectivity index (χ4v) is 4.90. The molecule has 0 unspecified atom stereocenters. The summed E-state index contributed by atoms with van der Waals surface area (Å²) in [6.45, 7) is 6.85. The monoisotopic (exact) mass is 514 g/mol. The molecule has 3 aromatic carbocycles. The lowest BCUT2D eigenvalue weighted by Gasteiger charge is -2.25. The Hall–Kier alpha value is -3.36. The summed E-state index contributed by atoms with van der Waals surface area (Å²) < 4.78 is 33.1. The number of carbonyl (C=O) groups excluding carboxylic acids is 2. The highest BCUT2D eigenvalue weighted by atomic mass is 35.5. The van der Waals surface area contributed by atoms with Crippen molar-refractivity contribution in [3.05, 3.63) is 87.9 Å². The Labute approximate surface area is 210 Å². The molecule has 0 spiro atoms. The van der Waals surface area contributed by atoms with Crippen molar-refractivity contribution in [2.45, 2.75) is 32.6 Å². The van der Waals surface area contributed by atoms with Crippen LogP contribution in [0.15, 0.2) is 65.6 Å². The van der Waals surface area contributed by atoms with Crippen molar-refractivity contribution in [1.29, 1.82) is 0 Å². The van der Waals surface area contributed by atoms with E-state index >= 15 is 0 Å². The number of aryl methyl sites for hydroxylation is 3. The van der Waals surface area contributed by atoms with Crippen molar-refractivity contribution in [3.63, 3.8) is 0 Å². The molecule has 0 aliphatic carbocycles. The number of benzene rings is 3. The van der Waals surface area contributed by atoms with Crippen LogP contribution >= 0.6 is 11.6 Å². The molecule has 7 nitrogen and oxygen atoms in total. The van der Waals surface area contributed by atoms with Crippen LogP contribution in [0.2, 0.25) is 5.02 Å². The van der Waals surface area contributed by atoms with E-state index in [1.54, 1.807) is 57.2 Å². The number of nitrogens with zero attached hydrogens (tertiary/aromatic N) is 1. The molecule has 0 bridgehead atoms. The highest BCUT2D eigenvalue weighted by molar-refractivity contribution is 7.92. The van der Waals surface area contributed by atoms with Crippen LogP contribution in [0.25, 0.3) is 0 Å². The second kappa shape index (κ2) is 10.9. The first kappa shape index (κ1) is 26.2. The van der Waals surface area contributed by atoms with E-state index in [0.29, 0.717) is 16.3 Å². The molecule has 0 aromatic heterocycles. The fourth-order valence-electron chi connectivity index (χ4n) is 3.31. The van der Waals surface area contributed by atoms with E-state index in [1.807, 2.05) is 6.92 Å². The van der Waals surface area contributed by atoms with Crippen molar-refractivity contribution in [2.24, 2.45) is 0 Å². The van der Waals surface area contributed by atoms with E-state index in [2.05, 4.69) is 5.32 Å². The highest BCUT2D eigenvalue weighted by Crippen LogP contribution is 2.28. The van der Waals surface area contributed by atoms with Crippen LogP contribution in [0.3, 0.4) is 0 Å². The minimum absolute atomic E-state index is 0.0492. The number of halogens is 1. The Bertz CT molecular complexity index is 1350. The molecule has 0 atom stereocenters. The quantitative estimate of drug-likeness (QED) is 0.413. The molecule has 1 amide bonds. The Balaban J connectivity index is 1.96. The Kier molecular flexibility index (Phi) is 8.19. The first-order chi connectivity index (χ1) is 16.5. The summed E-state index contributed by atoms with van der Waals surface area (Å²) in [7, 11) is -4.09.